The number of pyridine rings is 1. The molecule has 1 amide bonds. The van der Waals surface area contributed by atoms with E-state index in [0.717, 1.165) is 0 Å². The molecule has 8 heteroatoms. The van der Waals surface area contributed by atoms with Crippen molar-refractivity contribution in [1.82, 2.24) is 9.88 Å². The molecule has 132 valence electrons. The molecule has 1 aliphatic rings. The van der Waals surface area contributed by atoms with Crippen LogP contribution in [0.1, 0.15) is 27.2 Å². The second-order valence-electron chi connectivity index (χ2n) is 6.45. The smallest absolute Gasteiger partial charge is 0.411 e. The predicted octanol–water partition coefficient (Wildman–Crippen LogP) is 2.77. The molecule has 0 aromatic carbocycles. The molecule has 2 unspecified atom stereocenters. The number of rotatable bonds is 3. The van der Waals surface area contributed by atoms with Gasteiger partial charge in [0.2, 0.25) is 5.88 Å². The highest BCUT2D eigenvalue weighted by Gasteiger charge is 2.43. The second-order valence-corrected chi connectivity index (χ2v) is 7.26. The zero-order valence-corrected chi connectivity index (χ0v) is 15.7. The van der Waals surface area contributed by atoms with Crippen LogP contribution < -0.4 is 4.74 Å². The van der Waals surface area contributed by atoms with Crippen molar-refractivity contribution in [2.75, 3.05) is 13.7 Å². The van der Waals surface area contributed by atoms with Gasteiger partial charge in [0.05, 0.1) is 13.7 Å². The van der Waals surface area contributed by atoms with Crippen LogP contribution in [0.25, 0.3) is 0 Å². The molecule has 24 heavy (non-hydrogen) atoms. The molecule has 1 aromatic rings. The second kappa shape index (κ2) is 7.38. The van der Waals surface area contributed by atoms with Gasteiger partial charge in [-0.3, -0.25) is 4.90 Å². The molecule has 0 bridgehead atoms. The first-order valence-corrected chi connectivity index (χ1v) is 8.35. The Morgan fingerprint density at radius 3 is 2.62 bits per heavy atom. The van der Waals surface area contributed by atoms with Crippen molar-refractivity contribution >= 4 is 28.0 Å². The summed E-state index contributed by atoms with van der Waals surface area (Å²) >= 11 is 3.28. The Labute approximate surface area is 149 Å². The molecular weight excluding hydrogens is 380 g/mol. The van der Waals surface area contributed by atoms with Crippen molar-refractivity contribution in [3.8, 4) is 5.88 Å². The first-order valence-electron chi connectivity index (χ1n) is 7.56. The van der Waals surface area contributed by atoms with Crippen LogP contribution in [-0.2, 0) is 14.3 Å². The summed E-state index contributed by atoms with van der Waals surface area (Å²) < 4.78 is 16.6. The van der Waals surface area contributed by atoms with Crippen LogP contribution in [0.3, 0.4) is 0 Å². The third-order valence-electron chi connectivity index (χ3n) is 3.34. The lowest BCUT2D eigenvalue weighted by molar-refractivity contribution is -0.145. The Kier molecular flexibility index (Phi) is 5.69. The molecule has 0 aliphatic carbocycles. The molecule has 1 aromatic heterocycles. The third-order valence-corrected chi connectivity index (χ3v) is 3.78. The largest absolute Gasteiger partial charge is 0.472 e. The van der Waals surface area contributed by atoms with Gasteiger partial charge in [0.25, 0.3) is 0 Å². The van der Waals surface area contributed by atoms with Crippen LogP contribution in [0, 0.1) is 0 Å². The number of nitrogens with zero attached hydrogens (tertiary/aromatic N) is 2. The molecule has 1 saturated heterocycles. The van der Waals surface area contributed by atoms with Gasteiger partial charge < -0.3 is 14.2 Å². The van der Waals surface area contributed by atoms with E-state index in [9.17, 15) is 9.59 Å². The maximum absolute atomic E-state index is 12.4. The molecule has 2 atom stereocenters. The standard InChI is InChI=1S/C16H21BrN2O5/c1-16(2,3)24-15(21)19-9-10(8-11(19)14(20)22-4)23-13-7-5-6-12(17)18-13/h5-7,10-11H,8-9H2,1-4H3. The van der Waals surface area contributed by atoms with Crippen LogP contribution in [0.4, 0.5) is 4.79 Å². The summed E-state index contributed by atoms with van der Waals surface area (Å²) in [7, 11) is 1.29. The topological polar surface area (TPSA) is 78.0 Å². The van der Waals surface area contributed by atoms with Gasteiger partial charge in [-0.1, -0.05) is 6.07 Å². The number of methoxy groups -OCH3 is 1. The monoisotopic (exact) mass is 400 g/mol. The zero-order valence-electron chi connectivity index (χ0n) is 14.1. The number of amides is 1. The third kappa shape index (κ3) is 4.83. The highest BCUT2D eigenvalue weighted by atomic mass is 79.9. The molecule has 2 rings (SSSR count). The molecule has 2 heterocycles. The molecule has 1 fully saturated rings. The van der Waals surface area contributed by atoms with Gasteiger partial charge in [0.15, 0.2) is 0 Å². The van der Waals surface area contributed by atoms with Gasteiger partial charge in [0.1, 0.15) is 22.4 Å². The van der Waals surface area contributed by atoms with Crippen LogP contribution in [0.5, 0.6) is 5.88 Å². The Hall–Kier alpha value is -1.83. The van der Waals surface area contributed by atoms with E-state index in [1.807, 2.05) is 0 Å². The summed E-state index contributed by atoms with van der Waals surface area (Å²) in [6.07, 6.45) is -0.616. The lowest BCUT2D eigenvalue weighted by Gasteiger charge is -2.27. The van der Waals surface area contributed by atoms with E-state index in [0.29, 0.717) is 16.9 Å². The van der Waals surface area contributed by atoms with Crippen molar-refractivity contribution in [2.24, 2.45) is 0 Å². The Bertz CT molecular complexity index is 617. The Morgan fingerprint density at radius 2 is 2.04 bits per heavy atom. The number of hydrogen-bond donors (Lipinski definition) is 0. The predicted molar refractivity (Wildman–Crippen MR) is 89.7 cm³/mol. The highest BCUT2D eigenvalue weighted by Crippen LogP contribution is 2.25. The van der Waals surface area contributed by atoms with Crippen LogP contribution in [-0.4, -0.2) is 53.3 Å². The number of ether oxygens (including phenoxy) is 3. The average molecular weight is 401 g/mol. The van der Waals surface area contributed by atoms with E-state index < -0.39 is 23.7 Å². The summed E-state index contributed by atoms with van der Waals surface area (Å²) in [5.41, 5.74) is -0.650. The van der Waals surface area contributed by atoms with Gasteiger partial charge in [-0.15, -0.1) is 0 Å². The van der Waals surface area contributed by atoms with Crippen LogP contribution in [0.15, 0.2) is 22.8 Å². The highest BCUT2D eigenvalue weighted by molar-refractivity contribution is 9.10. The summed E-state index contributed by atoms with van der Waals surface area (Å²) in [5, 5.41) is 0. The first-order chi connectivity index (χ1) is 11.2. The van der Waals surface area contributed by atoms with E-state index in [1.165, 1.54) is 12.0 Å². The summed E-state index contributed by atoms with van der Waals surface area (Å²) in [4.78, 5) is 29.9. The quantitative estimate of drug-likeness (QED) is 0.573. The average Bonchev–Trinajstić information content (AvgIpc) is 2.88. The molecule has 0 radical (unpaired) electrons. The lowest BCUT2D eigenvalue weighted by Crippen LogP contribution is -2.44. The van der Waals surface area contributed by atoms with E-state index in [2.05, 4.69) is 20.9 Å². The Balaban J connectivity index is 2.11. The maximum atomic E-state index is 12.4. The number of halogens is 1. The number of aromatic nitrogens is 1. The van der Waals surface area contributed by atoms with Gasteiger partial charge in [-0.2, -0.15) is 0 Å². The number of carbonyl (C=O) groups is 2. The lowest BCUT2D eigenvalue weighted by atomic mass is 10.2. The van der Waals surface area contributed by atoms with Gasteiger partial charge in [-0.05, 0) is 42.8 Å². The van der Waals surface area contributed by atoms with E-state index in [4.69, 9.17) is 14.2 Å². The van der Waals surface area contributed by atoms with Crippen molar-refractivity contribution in [2.45, 2.75) is 44.9 Å². The van der Waals surface area contributed by atoms with Crippen molar-refractivity contribution in [3.63, 3.8) is 0 Å². The minimum atomic E-state index is -0.734. The van der Waals surface area contributed by atoms with Gasteiger partial charge >= 0.3 is 12.1 Å². The normalized spacial score (nSPS) is 20.6. The van der Waals surface area contributed by atoms with Crippen molar-refractivity contribution < 1.29 is 23.8 Å². The fraction of sp³-hybridized carbons (Fsp3) is 0.562. The minimum absolute atomic E-state index is 0.225. The van der Waals surface area contributed by atoms with E-state index in [-0.39, 0.29) is 12.6 Å². The summed E-state index contributed by atoms with van der Waals surface area (Å²) in [5.74, 6) is -0.0711. The molecular formula is C16H21BrN2O5. The first kappa shape index (κ1) is 18.5. The van der Waals surface area contributed by atoms with E-state index in [1.54, 1.807) is 39.0 Å². The van der Waals surface area contributed by atoms with Gasteiger partial charge in [0, 0.05) is 12.5 Å². The molecule has 7 nitrogen and oxygen atoms in total. The number of likely N-dealkylation sites (tertiary alicyclic amines) is 1. The van der Waals surface area contributed by atoms with Crippen LogP contribution in [0.2, 0.25) is 0 Å². The fourth-order valence-electron chi connectivity index (χ4n) is 2.39. The fourth-order valence-corrected chi connectivity index (χ4v) is 2.72. The summed E-state index contributed by atoms with van der Waals surface area (Å²) in [6, 6.07) is 4.56. The number of carbonyl (C=O) groups excluding carboxylic acids is 2. The van der Waals surface area contributed by atoms with Crippen molar-refractivity contribution in [3.05, 3.63) is 22.8 Å². The maximum Gasteiger partial charge on any atom is 0.411 e. The van der Waals surface area contributed by atoms with E-state index >= 15 is 0 Å². The molecule has 1 aliphatic heterocycles. The molecule has 0 spiro atoms. The van der Waals surface area contributed by atoms with Crippen LogP contribution >= 0.6 is 15.9 Å². The van der Waals surface area contributed by atoms with Gasteiger partial charge in [-0.25, -0.2) is 14.6 Å². The number of esters is 1. The number of hydrogen-bond acceptors (Lipinski definition) is 6. The summed E-state index contributed by atoms with van der Waals surface area (Å²) in [6.45, 7) is 5.54. The molecule has 0 saturated carbocycles. The molecule has 0 N–H and O–H groups in total. The minimum Gasteiger partial charge on any atom is -0.472 e. The SMILES string of the molecule is COC(=O)C1CC(Oc2cccc(Br)n2)CN1C(=O)OC(C)(C)C. The zero-order chi connectivity index (χ0) is 17.9. The van der Waals surface area contributed by atoms with Crippen molar-refractivity contribution in [1.29, 1.82) is 0 Å². The Morgan fingerprint density at radius 1 is 1.33 bits per heavy atom.